The highest BCUT2D eigenvalue weighted by Crippen LogP contribution is 2.24. The van der Waals surface area contributed by atoms with Crippen LogP contribution < -0.4 is 15.4 Å². The Kier molecular flexibility index (Phi) is 10.7. The number of rotatable bonds is 9. The molecular formula is C22H25ClF2IN5O. The molecule has 0 aliphatic heterocycles. The van der Waals surface area contributed by atoms with Crippen molar-refractivity contribution in [2.75, 3.05) is 6.54 Å². The molecule has 0 saturated heterocycles. The summed E-state index contributed by atoms with van der Waals surface area (Å²) in [6, 6.07) is 12.7. The smallest absolute Gasteiger partial charge is 0.387 e. The van der Waals surface area contributed by atoms with E-state index < -0.39 is 6.61 Å². The van der Waals surface area contributed by atoms with Gasteiger partial charge in [-0.2, -0.15) is 8.78 Å². The zero-order valence-corrected chi connectivity index (χ0v) is 20.6. The minimum atomic E-state index is -2.90. The van der Waals surface area contributed by atoms with Gasteiger partial charge in [-0.25, -0.2) is 9.98 Å². The first-order chi connectivity index (χ1) is 15.0. The highest BCUT2D eigenvalue weighted by Gasteiger charge is 2.11. The first kappa shape index (κ1) is 25.9. The van der Waals surface area contributed by atoms with E-state index in [1.54, 1.807) is 18.6 Å². The standard InChI is InChI=1S/C22H24ClF2N5O.HI/c1-2-27-22(29-13-18-11-19(23)7-8-20(18)31-21(24)25)28-12-16-3-5-17(6-4-16)14-30-10-9-26-15-30;/h3-11,15,21H,2,12-14H2,1H3,(H2,27,28,29);1H. The predicted molar refractivity (Wildman–Crippen MR) is 133 cm³/mol. The highest BCUT2D eigenvalue weighted by atomic mass is 127. The van der Waals surface area contributed by atoms with E-state index >= 15 is 0 Å². The molecule has 10 heteroatoms. The second kappa shape index (κ2) is 13.2. The Bertz CT molecular complexity index is 984. The Hall–Kier alpha value is -2.40. The number of guanidine groups is 1. The summed E-state index contributed by atoms with van der Waals surface area (Å²) in [5, 5.41) is 6.72. The van der Waals surface area contributed by atoms with E-state index in [-0.39, 0.29) is 36.3 Å². The average Bonchev–Trinajstić information content (AvgIpc) is 3.25. The van der Waals surface area contributed by atoms with Crippen LogP contribution in [0.3, 0.4) is 0 Å². The SMILES string of the molecule is CCNC(=NCc1ccc(Cn2ccnc2)cc1)NCc1cc(Cl)ccc1OC(F)F.I. The third-order valence-electron chi connectivity index (χ3n) is 4.40. The van der Waals surface area contributed by atoms with Crippen LogP contribution in [-0.2, 0) is 19.6 Å². The summed E-state index contributed by atoms with van der Waals surface area (Å²) in [7, 11) is 0. The average molecular weight is 576 g/mol. The van der Waals surface area contributed by atoms with Gasteiger partial charge in [-0.15, -0.1) is 24.0 Å². The lowest BCUT2D eigenvalue weighted by Crippen LogP contribution is -2.36. The van der Waals surface area contributed by atoms with Gasteiger partial charge < -0.3 is 19.9 Å². The summed E-state index contributed by atoms with van der Waals surface area (Å²) in [6.45, 7) is 1.17. The summed E-state index contributed by atoms with van der Waals surface area (Å²) in [5.74, 6) is 0.643. The zero-order chi connectivity index (χ0) is 22.1. The first-order valence-electron chi connectivity index (χ1n) is 9.82. The normalized spacial score (nSPS) is 11.2. The van der Waals surface area contributed by atoms with E-state index in [0.717, 1.165) is 12.1 Å². The molecular weight excluding hydrogens is 551 g/mol. The van der Waals surface area contributed by atoms with Crippen LogP contribution in [0.1, 0.15) is 23.6 Å². The van der Waals surface area contributed by atoms with Crippen LogP contribution in [0.4, 0.5) is 8.78 Å². The number of aliphatic imine (C=N–C) groups is 1. The molecule has 0 aliphatic rings. The lowest BCUT2D eigenvalue weighted by molar-refractivity contribution is -0.0504. The second-order valence-corrected chi connectivity index (χ2v) is 7.17. The van der Waals surface area contributed by atoms with Crippen molar-refractivity contribution in [1.82, 2.24) is 20.2 Å². The first-order valence-corrected chi connectivity index (χ1v) is 10.2. The summed E-state index contributed by atoms with van der Waals surface area (Å²) in [4.78, 5) is 8.62. The van der Waals surface area contributed by atoms with Gasteiger partial charge >= 0.3 is 6.61 Å². The monoisotopic (exact) mass is 575 g/mol. The number of alkyl halides is 2. The lowest BCUT2D eigenvalue weighted by atomic mass is 10.1. The Morgan fingerprint density at radius 3 is 2.56 bits per heavy atom. The number of halogens is 4. The molecule has 0 saturated carbocycles. The van der Waals surface area contributed by atoms with E-state index in [1.165, 1.54) is 17.7 Å². The molecule has 2 N–H and O–H groups in total. The van der Waals surface area contributed by atoms with E-state index in [1.807, 2.05) is 29.8 Å². The number of aromatic nitrogens is 2. The maximum Gasteiger partial charge on any atom is 0.387 e. The fourth-order valence-corrected chi connectivity index (χ4v) is 3.12. The largest absolute Gasteiger partial charge is 0.434 e. The molecule has 0 radical (unpaired) electrons. The number of hydrogen-bond acceptors (Lipinski definition) is 3. The van der Waals surface area contributed by atoms with Crippen LogP contribution in [0, 0.1) is 0 Å². The maximum absolute atomic E-state index is 12.6. The van der Waals surface area contributed by atoms with Crippen molar-refractivity contribution in [2.45, 2.75) is 33.2 Å². The van der Waals surface area contributed by atoms with Crippen LogP contribution in [0.5, 0.6) is 5.75 Å². The van der Waals surface area contributed by atoms with Crippen molar-refractivity contribution in [3.8, 4) is 5.75 Å². The Labute approximate surface area is 208 Å². The van der Waals surface area contributed by atoms with Crippen LogP contribution in [0.15, 0.2) is 66.2 Å². The van der Waals surface area contributed by atoms with Gasteiger partial charge in [0.1, 0.15) is 5.75 Å². The lowest BCUT2D eigenvalue weighted by Gasteiger charge is -2.15. The van der Waals surface area contributed by atoms with Gasteiger partial charge in [0.25, 0.3) is 0 Å². The molecule has 3 rings (SSSR count). The summed E-state index contributed by atoms with van der Waals surface area (Å²) in [6.07, 6.45) is 5.46. The maximum atomic E-state index is 12.6. The third kappa shape index (κ3) is 8.27. The highest BCUT2D eigenvalue weighted by molar-refractivity contribution is 14.0. The van der Waals surface area contributed by atoms with Crippen molar-refractivity contribution in [3.05, 3.63) is 82.9 Å². The van der Waals surface area contributed by atoms with Crippen LogP contribution in [0.2, 0.25) is 5.02 Å². The zero-order valence-electron chi connectivity index (χ0n) is 17.5. The van der Waals surface area contributed by atoms with Crippen molar-refractivity contribution in [1.29, 1.82) is 0 Å². The molecule has 32 heavy (non-hydrogen) atoms. The second-order valence-electron chi connectivity index (χ2n) is 6.73. The van der Waals surface area contributed by atoms with Crippen molar-refractivity contribution in [3.63, 3.8) is 0 Å². The molecule has 0 aliphatic carbocycles. The van der Waals surface area contributed by atoms with E-state index in [4.69, 9.17) is 11.6 Å². The minimum Gasteiger partial charge on any atom is -0.434 e. The number of ether oxygens (including phenoxy) is 1. The van der Waals surface area contributed by atoms with Crippen LogP contribution in [-0.4, -0.2) is 28.7 Å². The summed E-state index contributed by atoms with van der Waals surface area (Å²) >= 11 is 6.01. The molecule has 6 nitrogen and oxygen atoms in total. The van der Waals surface area contributed by atoms with Gasteiger partial charge in [-0.3, -0.25) is 0 Å². The topological polar surface area (TPSA) is 63.5 Å². The molecule has 0 amide bonds. The fraction of sp³-hybridized carbons (Fsp3) is 0.273. The number of hydrogen-bond donors (Lipinski definition) is 2. The fourth-order valence-electron chi connectivity index (χ4n) is 2.93. The van der Waals surface area contributed by atoms with E-state index in [0.29, 0.717) is 29.6 Å². The molecule has 0 spiro atoms. The number of nitrogens with one attached hydrogen (secondary N) is 2. The van der Waals surface area contributed by atoms with Crippen molar-refractivity contribution in [2.24, 2.45) is 4.99 Å². The number of imidazole rings is 1. The summed E-state index contributed by atoms with van der Waals surface area (Å²) in [5.41, 5.74) is 2.74. The van der Waals surface area contributed by atoms with E-state index in [2.05, 4.69) is 37.5 Å². The number of benzene rings is 2. The third-order valence-corrected chi connectivity index (χ3v) is 4.63. The Balaban J connectivity index is 0.00000363. The predicted octanol–water partition coefficient (Wildman–Crippen LogP) is 5.06. The van der Waals surface area contributed by atoms with Crippen molar-refractivity contribution >= 4 is 41.5 Å². The van der Waals surface area contributed by atoms with Gasteiger partial charge in [-0.1, -0.05) is 35.9 Å². The van der Waals surface area contributed by atoms with Gasteiger partial charge in [-0.05, 0) is 36.2 Å². The van der Waals surface area contributed by atoms with E-state index in [9.17, 15) is 8.78 Å². The Morgan fingerprint density at radius 1 is 1.16 bits per heavy atom. The van der Waals surface area contributed by atoms with Crippen LogP contribution >= 0.6 is 35.6 Å². The van der Waals surface area contributed by atoms with Gasteiger partial charge in [0.2, 0.25) is 0 Å². The molecule has 3 aromatic rings. The van der Waals surface area contributed by atoms with Gasteiger partial charge in [0.15, 0.2) is 5.96 Å². The molecule has 0 unspecified atom stereocenters. The molecule has 2 aromatic carbocycles. The molecule has 1 aromatic heterocycles. The molecule has 172 valence electrons. The number of nitrogens with zero attached hydrogens (tertiary/aromatic N) is 3. The molecule has 0 fully saturated rings. The van der Waals surface area contributed by atoms with Crippen LogP contribution in [0.25, 0.3) is 0 Å². The Morgan fingerprint density at radius 2 is 1.91 bits per heavy atom. The molecule has 0 bridgehead atoms. The summed E-state index contributed by atoms with van der Waals surface area (Å²) < 4.78 is 31.9. The minimum absolute atomic E-state index is 0. The van der Waals surface area contributed by atoms with Gasteiger partial charge in [0, 0.05) is 42.6 Å². The quantitative estimate of drug-likeness (QED) is 0.213. The molecule has 1 heterocycles. The molecule has 0 atom stereocenters. The van der Waals surface area contributed by atoms with Gasteiger partial charge in [0.05, 0.1) is 12.9 Å². The van der Waals surface area contributed by atoms with Crippen molar-refractivity contribution < 1.29 is 13.5 Å².